The van der Waals surface area contributed by atoms with E-state index in [1.54, 1.807) is 130 Å². The molecule has 14 aromatic heterocycles. The van der Waals surface area contributed by atoms with Gasteiger partial charge < -0.3 is 45.2 Å². The predicted molar refractivity (Wildman–Crippen MR) is 381 cm³/mol. The lowest BCUT2D eigenvalue weighted by molar-refractivity contribution is -0.149. The van der Waals surface area contributed by atoms with Crippen LogP contribution in [0.15, 0.2) is 202 Å². The normalized spacial score (nSPS) is 11.7. The number of carbonyl (C=O) groups is 3. The molecule has 0 fully saturated rings. The van der Waals surface area contributed by atoms with Crippen LogP contribution in [0.1, 0.15) is 31.9 Å². The molecule has 0 spiro atoms. The third-order valence-electron chi connectivity index (χ3n) is 14.0. The lowest BCUT2D eigenvalue weighted by Crippen LogP contribution is -2.30. The zero-order valence-electron chi connectivity index (χ0n) is 56.8. The summed E-state index contributed by atoms with van der Waals surface area (Å²) < 4.78 is 128. The third kappa shape index (κ3) is 23.3. The van der Waals surface area contributed by atoms with Crippen LogP contribution in [0.2, 0.25) is 10.0 Å². The molecular formula is C67H56BBrCl2F8N20O10. The van der Waals surface area contributed by atoms with E-state index in [-0.39, 0.29) is 23.0 Å². The minimum Gasteiger partial charge on any atom is -0.467 e. The SMILES string of the molecule is Brc1cnc2cnccn12.CC(Oc1ccc(-c2cnc3cnccn23)cn1)C(=O)Nc1cc(C(F)(F)F)c(Cl)cn1.COC(=O)C(C)O.COC(=O)C(C)Oc1ccc(-c2cnc3cnccn23)cn1.Fc1ccc(-c2cnc3cnccn23)cn1.Nc1cc(C(F)(F)F)c(Cl)cn1.OB(O)c1ccc(F)nc1. The summed E-state index contributed by atoms with van der Waals surface area (Å²) in [6, 6.07) is 13.6. The number of nitrogens with two attached hydrogens (primary N) is 1. The van der Waals surface area contributed by atoms with Crippen LogP contribution >= 0.6 is 39.1 Å². The largest absolute Gasteiger partial charge is 0.490 e. The van der Waals surface area contributed by atoms with Gasteiger partial charge in [0.15, 0.2) is 34.8 Å². The third-order valence-corrected chi connectivity index (χ3v) is 15.2. The van der Waals surface area contributed by atoms with E-state index in [4.69, 9.17) is 53.6 Å². The maximum Gasteiger partial charge on any atom is 0.490 e. The van der Waals surface area contributed by atoms with Gasteiger partial charge in [0.1, 0.15) is 22.3 Å². The minimum atomic E-state index is -4.68. The summed E-state index contributed by atoms with van der Waals surface area (Å²) in [5.41, 5.74) is 11.3. The molecule has 3 unspecified atom stereocenters. The van der Waals surface area contributed by atoms with Crippen molar-refractivity contribution >= 4 is 104 Å². The van der Waals surface area contributed by atoms with Gasteiger partial charge in [-0.3, -0.25) is 42.3 Å². The molecule has 14 aromatic rings. The van der Waals surface area contributed by atoms with Gasteiger partial charge in [-0.15, -0.1) is 0 Å². The van der Waals surface area contributed by atoms with Crippen LogP contribution < -0.4 is 26.0 Å². The highest BCUT2D eigenvalue weighted by atomic mass is 79.9. The summed E-state index contributed by atoms with van der Waals surface area (Å²) in [5, 5.41) is 26.6. The van der Waals surface area contributed by atoms with E-state index >= 15 is 0 Å². The number of hydrogen-bond acceptors (Lipinski definition) is 25. The first-order valence-corrected chi connectivity index (χ1v) is 32.4. The summed E-state index contributed by atoms with van der Waals surface area (Å²) in [6.07, 6.45) is 23.2. The fourth-order valence-electron chi connectivity index (χ4n) is 8.67. The molecule has 30 nitrogen and oxygen atoms in total. The van der Waals surface area contributed by atoms with E-state index in [1.807, 2.05) is 36.1 Å². The zero-order chi connectivity index (χ0) is 79.1. The molecule has 0 aliphatic heterocycles. The van der Waals surface area contributed by atoms with E-state index in [0.29, 0.717) is 23.7 Å². The number of ether oxygens (including phenoxy) is 4. The van der Waals surface area contributed by atoms with Crippen LogP contribution in [0, 0.1) is 11.9 Å². The number of hydrogen-bond donors (Lipinski definition) is 5. The van der Waals surface area contributed by atoms with E-state index < -0.39 is 88.7 Å². The van der Waals surface area contributed by atoms with Gasteiger partial charge in [0.05, 0.1) is 102 Å². The Morgan fingerprint density at radius 1 is 0.505 bits per heavy atom. The fourth-order valence-corrected chi connectivity index (χ4v) is 9.50. The number of nitrogens with zero attached hydrogens (tertiary/aromatic N) is 18. The number of carbonyl (C=O) groups excluding carboxylic acids is 3. The number of esters is 2. The Balaban J connectivity index is 0.000000170. The van der Waals surface area contributed by atoms with E-state index in [9.17, 15) is 49.5 Å². The van der Waals surface area contributed by atoms with Crippen molar-refractivity contribution in [1.82, 2.24) is 87.4 Å². The summed E-state index contributed by atoms with van der Waals surface area (Å²) >= 11 is 14.1. The van der Waals surface area contributed by atoms with E-state index in [2.05, 4.69) is 100 Å². The second kappa shape index (κ2) is 38.3. The molecule has 0 saturated carbocycles. The molecule has 14 rings (SSSR count). The summed E-state index contributed by atoms with van der Waals surface area (Å²) in [6.45, 7) is 4.40. The van der Waals surface area contributed by atoms with Gasteiger partial charge in [-0.1, -0.05) is 29.3 Å². The van der Waals surface area contributed by atoms with Crippen molar-refractivity contribution in [1.29, 1.82) is 0 Å². The van der Waals surface area contributed by atoms with Crippen molar-refractivity contribution in [2.75, 3.05) is 25.3 Å². The molecule has 0 radical (unpaired) electrons. The summed E-state index contributed by atoms with van der Waals surface area (Å²) in [5.74, 6) is -2.85. The van der Waals surface area contributed by atoms with Gasteiger partial charge in [0.2, 0.25) is 23.7 Å². The Kier molecular flexibility index (Phi) is 28.9. The Hall–Kier alpha value is -12.4. The molecule has 109 heavy (non-hydrogen) atoms. The first-order valence-electron chi connectivity index (χ1n) is 30.9. The van der Waals surface area contributed by atoms with Crippen molar-refractivity contribution in [3.63, 3.8) is 0 Å². The second-order valence-electron chi connectivity index (χ2n) is 21.5. The van der Waals surface area contributed by atoms with Crippen LogP contribution in [0.4, 0.5) is 46.8 Å². The number of anilines is 2. The Bertz CT molecular complexity index is 5330. The smallest absolute Gasteiger partial charge is 0.467 e. The summed E-state index contributed by atoms with van der Waals surface area (Å²) in [4.78, 5) is 88.8. The molecule has 6 N–H and O–H groups in total. The van der Waals surface area contributed by atoms with Crippen LogP contribution in [-0.2, 0) is 36.2 Å². The zero-order valence-corrected chi connectivity index (χ0v) is 59.9. The molecule has 1 amide bonds. The van der Waals surface area contributed by atoms with Crippen molar-refractivity contribution in [3.8, 4) is 45.5 Å². The molecule has 0 aromatic carbocycles. The second-order valence-corrected chi connectivity index (χ2v) is 23.1. The lowest BCUT2D eigenvalue weighted by atomic mass is 9.82. The standard InChI is InChI=1S/C20H14ClF3N6O2.C15H14N4O3.C11H7FN4.C6H4BrN3.C6H4ClF3N2.C5H5BFNO2.C4H8O3/c1-11(19(31)29-16-6-13(20(22,23)24)14(21)8-26-16)32-18-3-2-12(7-28-18)15-9-27-17-10-25-4-5-30(15)17;1-10(15(20)21-2)22-14-4-3-11(7-18-14)12-8-17-13-9-16-5-6-19(12)13;12-10-2-1-8(5-14-10)9-6-15-11-7-13-3-4-16(9)11;7-5-3-9-6-4-8-1-2-10(5)6;7-4-2-12-5(11)1-3(4)6(8,9)10;7-5-2-1-4(3-8-5)6(9)10;1-3(5)4(6)7-2/h2-11H,1H3,(H,26,29,31);3-10H,1-2H3;1-7H;1-4H;1-2H,(H2,11,12);1-3,9-10H;3,5H,1-2H3. The highest BCUT2D eigenvalue weighted by Crippen LogP contribution is 2.37. The maximum absolute atomic E-state index is 13.0. The number of aliphatic hydroxyl groups is 1. The van der Waals surface area contributed by atoms with Gasteiger partial charge >= 0.3 is 31.4 Å². The number of methoxy groups -OCH3 is 2. The van der Waals surface area contributed by atoms with Gasteiger partial charge in [0, 0.05) is 121 Å². The number of fused-ring (bicyclic) bond motifs is 4. The van der Waals surface area contributed by atoms with Crippen LogP contribution in [0.3, 0.4) is 0 Å². The lowest BCUT2D eigenvalue weighted by Gasteiger charge is -2.15. The fraction of sp³-hybridized carbons (Fsp3) is 0.149. The number of imidazole rings is 4. The number of alkyl halides is 6. The number of rotatable bonds is 12. The van der Waals surface area contributed by atoms with Crippen LogP contribution in [0.25, 0.3) is 56.4 Å². The number of aliphatic hydroxyl groups excluding tert-OH is 1. The van der Waals surface area contributed by atoms with Crippen molar-refractivity contribution in [2.45, 2.75) is 51.4 Å². The average Bonchev–Trinajstić information content (AvgIpc) is 1.67. The number of pyridine rings is 6. The van der Waals surface area contributed by atoms with Crippen LogP contribution in [-0.4, -0.2) is 160 Å². The van der Waals surface area contributed by atoms with Gasteiger partial charge in [0.25, 0.3) is 5.91 Å². The van der Waals surface area contributed by atoms with Crippen molar-refractivity contribution in [3.05, 3.63) is 235 Å². The van der Waals surface area contributed by atoms with Crippen LogP contribution in [0.5, 0.6) is 11.8 Å². The molecule has 14 heterocycles. The molecule has 42 heteroatoms. The monoisotopic (exact) mass is 1610 g/mol. The average molecular weight is 1610 g/mol. The number of nitrogen functional groups attached to an aromatic ring is 1. The topological polar surface area (TPSA) is 385 Å². The molecule has 3 atom stereocenters. The van der Waals surface area contributed by atoms with Gasteiger partial charge in [-0.2, -0.15) is 35.1 Å². The van der Waals surface area contributed by atoms with Gasteiger partial charge in [-0.25, -0.2) is 59.4 Å². The van der Waals surface area contributed by atoms with E-state index in [1.165, 1.54) is 46.4 Å². The summed E-state index contributed by atoms with van der Waals surface area (Å²) in [7, 11) is 0.973. The molecule has 0 bridgehead atoms. The number of nitrogens with one attached hydrogen (secondary N) is 1. The highest BCUT2D eigenvalue weighted by Gasteiger charge is 2.35. The number of aromatic nitrogens is 18. The maximum atomic E-state index is 13.0. The van der Waals surface area contributed by atoms with Gasteiger partial charge in [-0.05, 0) is 79.2 Å². The number of amides is 1. The molecular weight excluding hydrogens is 1560 g/mol. The number of halogens is 11. The molecule has 0 saturated heterocycles. The molecule has 0 aliphatic carbocycles. The van der Waals surface area contributed by atoms with E-state index in [0.717, 1.165) is 80.0 Å². The Labute approximate surface area is 628 Å². The quantitative estimate of drug-likeness (QED) is 0.0328. The van der Waals surface area contributed by atoms with Crippen molar-refractivity contribution in [2.24, 2.45) is 0 Å². The Morgan fingerprint density at radius 2 is 0.908 bits per heavy atom. The first kappa shape index (κ1) is 82.3. The van der Waals surface area contributed by atoms with Crippen molar-refractivity contribution < 1.29 is 83.6 Å². The Morgan fingerprint density at radius 3 is 1.28 bits per heavy atom. The first-order chi connectivity index (χ1) is 51.9. The molecule has 564 valence electrons. The highest BCUT2D eigenvalue weighted by molar-refractivity contribution is 9.10. The predicted octanol–water partition coefficient (Wildman–Crippen LogP) is 10.2. The minimum absolute atomic E-state index is 0.159. The molecule has 0 aliphatic rings.